The van der Waals surface area contributed by atoms with Crippen molar-refractivity contribution in [2.75, 3.05) is 19.3 Å². The highest BCUT2D eigenvalue weighted by molar-refractivity contribution is 6.01. The third-order valence-corrected chi connectivity index (χ3v) is 19.0. The first-order valence-corrected chi connectivity index (χ1v) is 24.2. The molecule has 0 aromatic heterocycles. The number of carbonyl (C=O) groups is 2. The SMILES string of the molecule is CNCc1cc(O)cc(C23CCCC45CC(=O)C(C(C)CC(O)C6OC6(C)C6CCCC6c6cccc(N)c6)=C4CCC4C(C)(C2)C(C(NCC(C)O)CC45C)C(C)(C)C3=O)c1. The van der Waals surface area contributed by atoms with Gasteiger partial charge in [0.15, 0.2) is 5.78 Å². The summed E-state index contributed by atoms with van der Waals surface area (Å²) in [5, 5.41) is 41.0. The van der Waals surface area contributed by atoms with Gasteiger partial charge in [-0.1, -0.05) is 71.2 Å². The van der Waals surface area contributed by atoms with Gasteiger partial charge in [0.05, 0.1) is 23.2 Å². The van der Waals surface area contributed by atoms with E-state index in [1.54, 1.807) is 6.07 Å². The number of Topliss-reactive ketones (excluding diaryl/α,β-unsaturated/α-hetero) is 2. The first kappa shape index (κ1) is 44.1. The van der Waals surface area contributed by atoms with Crippen molar-refractivity contribution >= 4 is 17.3 Å². The van der Waals surface area contributed by atoms with Crippen molar-refractivity contribution < 1.29 is 29.6 Å². The fraction of sp³-hybridized carbons (Fsp3) is 0.698. The lowest BCUT2D eigenvalue weighted by Gasteiger charge is -2.71. The standard InChI is InChI=1S/C53H75N3O6/c1-30(20-41(59)46-51(7,62-46)38-15-10-14-37(38)33-12-9-13-35(54)23-33)44-39-16-17-43-49(5)29-52(34-21-32(28-55-8)22-36(58)24-34)18-11-19-53(39,26-42(44)60)50(43,6)25-40(56-27-31(2)57)45(49)48(3,4)47(52)61/h9,12-13,21-24,30-31,37-38,40-41,43,45-46,55-59H,10-11,14-20,25-29,54H2,1-8H3. The molecule has 1 heterocycles. The summed E-state index contributed by atoms with van der Waals surface area (Å²) in [6.45, 7) is 16.5. The quantitative estimate of drug-likeness (QED) is 0.0914. The molecule has 6 aliphatic carbocycles. The van der Waals surface area contributed by atoms with Crippen LogP contribution in [0.2, 0.25) is 0 Å². The summed E-state index contributed by atoms with van der Waals surface area (Å²) >= 11 is 0. The Bertz CT molecular complexity index is 2150. The lowest BCUT2D eigenvalue weighted by atomic mass is 9.33. The van der Waals surface area contributed by atoms with Crippen LogP contribution in [0.4, 0.5) is 5.69 Å². The van der Waals surface area contributed by atoms with Crippen molar-refractivity contribution in [2.45, 2.75) is 173 Å². The molecule has 2 aromatic carbocycles. The van der Waals surface area contributed by atoms with Gasteiger partial charge in [0.2, 0.25) is 0 Å². The number of ether oxygens (including phenoxy) is 1. The number of nitrogens with two attached hydrogens (primary N) is 1. The zero-order valence-corrected chi connectivity index (χ0v) is 38.8. The van der Waals surface area contributed by atoms with Crippen LogP contribution in [0.5, 0.6) is 5.75 Å². The Hall–Kier alpha value is -3.08. The number of anilines is 1. The van der Waals surface area contributed by atoms with Crippen LogP contribution < -0.4 is 16.4 Å². The van der Waals surface area contributed by atoms with Gasteiger partial charge in [0.1, 0.15) is 17.6 Å². The molecular formula is C53H75N3O6. The Morgan fingerprint density at radius 2 is 1.74 bits per heavy atom. The molecule has 1 saturated heterocycles. The van der Waals surface area contributed by atoms with Crippen molar-refractivity contribution in [1.82, 2.24) is 10.6 Å². The molecule has 5 bridgehead atoms. The van der Waals surface area contributed by atoms with Crippen LogP contribution in [-0.4, -0.2) is 70.4 Å². The molecule has 62 heavy (non-hydrogen) atoms. The summed E-state index contributed by atoms with van der Waals surface area (Å²) in [5.74, 6) is 1.46. The highest BCUT2D eigenvalue weighted by Crippen LogP contribution is 2.77. The number of benzene rings is 2. The summed E-state index contributed by atoms with van der Waals surface area (Å²) in [5.41, 5.74) is 9.57. The van der Waals surface area contributed by atoms with Gasteiger partial charge in [-0.2, -0.15) is 0 Å². The van der Waals surface area contributed by atoms with Crippen molar-refractivity contribution in [2.24, 2.45) is 45.3 Å². The van der Waals surface area contributed by atoms with Crippen molar-refractivity contribution in [1.29, 1.82) is 0 Å². The number of ketones is 2. The molecule has 1 spiro atoms. The van der Waals surface area contributed by atoms with E-state index in [2.05, 4.69) is 70.4 Å². The molecule has 6 fully saturated rings. The monoisotopic (exact) mass is 850 g/mol. The largest absolute Gasteiger partial charge is 0.508 e. The molecule has 0 radical (unpaired) electrons. The van der Waals surface area contributed by atoms with Crippen LogP contribution in [0.3, 0.4) is 0 Å². The third kappa shape index (κ3) is 6.47. The smallest absolute Gasteiger partial charge is 0.160 e. The first-order chi connectivity index (χ1) is 29.3. The molecule has 9 rings (SSSR count). The summed E-state index contributed by atoms with van der Waals surface area (Å²) in [4.78, 5) is 30.6. The van der Waals surface area contributed by atoms with E-state index in [0.29, 0.717) is 50.6 Å². The predicted octanol–water partition coefficient (Wildman–Crippen LogP) is 8.28. The van der Waals surface area contributed by atoms with E-state index in [1.165, 1.54) is 11.1 Å². The van der Waals surface area contributed by atoms with Crippen LogP contribution in [0.15, 0.2) is 53.6 Å². The molecule has 9 heteroatoms. The Morgan fingerprint density at radius 1 is 0.968 bits per heavy atom. The van der Waals surface area contributed by atoms with Crippen molar-refractivity contribution in [3.05, 3.63) is 70.3 Å². The number of epoxide rings is 1. The Kier molecular flexibility index (Phi) is 10.9. The molecule has 338 valence electrons. The van der Waals surface area contributed by atoms with E-state index in [0.717, 1.165) is 73.8 Å². The van der Waals surface area contributed by atoms with Crippen LogP contribution in [-0.2, 0) is 26.3 Å². The summed E-state index contributed by atoms with van der Waals surface area (Å²) < 4.78 is 6.54. The lowest BCUT2D eigenvalue weighted by molar-refractivity contribution is -0.201. The number of hydrogen-bond acceptors (Lipinski definition) is 9. The number of allylic oxidation sites excluding steroid dienone is 2. The molecule has 9 nitrogen and oxygen atoms in total. The Balaban J connectivity index is 1.08. The minimum Gasteiger partial charge on any atom is -0.508 e. The second-order valence-corrected chi connectivity index (χ2v) is 23.0. The van der Waals surface area contributed by atoms with Gasteiger partial charge in [-0.05, 0) is 166 Å². The van der Waals surface area contributed by atoms with Crippen molar-refractivity contribution in [3.8, 4) is 5.75 Å². The minimum absolute atomic E-state index is 0.0134. The number of nitrogens with one attached hydrogen (secondary N) is 2. The highest BCUT2D eigenvalue weighted by Gasteiger charge is 2.75. The lowest BCUT2D eigenvalue weighted by Crippen LogP contribution is -2.72. The fourth-order valence-electron chi connectivity index (χ4n) is 17.0. The maximum absolute atomic E-state index is 15.7. The number of fused-ring (bicyclic) bond motifs is 1. The summed E-state index contributed by atoms with van der Waals surface area (Å²) in [6.07, 6.45) is 8.32. The average molecular weight is 850 g/mol. The second kappa shape index (κ2) is 15.3. The Labute approximate surface area is 370 Å². The number of aliphatic hydroxyl groups excluding tert-OH is 2. The van der Waals surface area contributed by atoms with Crippen LogP contribution in [0, 0.1) is 45.3 Å². The number of nitrogen functional groups attached to an aromatic ring is 1. The fourth-order valence-corrected chi connectivity index (χ4v) is 17.0. The number of carbonyl (C=O) groups excluding carboxylic acids is 2. The van der Waals surface area contributed by atoms with E-state index in [4.69, 9.17) is 10.5 Å². The Morgan fingerprint density at radius 3 is 2.47 bits per heavy atom. The molecule has 0 amide bonds. The van der Waals surface area contributed by atoms with E-state index in [1.807, 2.05) is 32.2 Å². The third-order valence-electron chi connectivity index (χ3n) is 19.0. The molecule has 1 aliphatic heterocycles. The summed E-state index contributed by atoms with van der Waals surface area (Å²) in [6, 6.07) is 14.0. The van der Waals surface area contributed by atoms with E-state index < -0.39 is 28.6 Å². The molecular weight excluding hydrogens is 775 g/mol. The molecule has 5 saturated carbocycles. The van der Waals surface area contributed by atoms with Crippen molar-refractivity contribution in [3.63, 3.8) is 0 Å². The van der Waals surface area contributed by atoms with Crippen LogP contribution in [0.1, 0.15) is 148 Å². The maximum Gasteiger partial charge on any atom is 0.160 e. The summed E-state index contributed by atoms with van der Waals surface area (Å²) in [7, 11) is 1.90. The van der Waals surface area contributed by atoms with Gasteiger partial charge in [-0.15, -0.1) is 0 Å². The van der Waals surface area contributed by atoms with Gasteiger partial charge in [-0.25, -0.2) is 0 Å². The molecule has 14 atom stereocenters. The highest BCUT2D eigenvalue weighted by atomic mass is 16.6. The number of aromatic hydroxyl groups is 1. The predicted molar refractivity (Wildman–Crippen MR) is 243 cm³/mol. The zero-order chi connectivity index (χ0) is 44.4. The maximum atomic E-state index is 15.7. The number of phenols is 1. The average Bonchev–Trinajstić information content (AvgIpc) is 3.49. The zero-order valence-electron chi connectivity index (χ0n) is 38.8. The van der Waals surface area contributed by atoms with Gasteiger partial charge < -0.3 is 36.4 Å². The number of phenolic OH excluding ortho intramolecular Hbond substituents is 1. The van der Waals surface area contributed by atoms with E-state index >= 15 is 4.79 Å². The molecule has 7 N–H and O–H groups in total. The van der Waals surface area contributed by atoms with E-state index in [-0.39, 0.29) is 63.5 Å². The van der Waals surface area contributed by atoms with Crippen LogP contribution in [0.25, 0.3) is 0 Å². The minimum atomic E-state index is -0.799. The molecule has 2 aromatic rings. The topological polar surface area (TPSA) is 157 Å². The number of hydrogen-bond donors (Lipinski definition) is 6. The second-order valence-electron chi connectivity index (χ2n) is 23.0. The van der Waals surface area contributed by atoms with Gasteiger partial charge in [-0.3, -0.25) is 9.59 Å². The van der Waals surface area contributed by atoms with Crippen LogP contribution >= 0.6 is 0 Å². The van der Waals surface area contributed by atoms with Gasteiger partial charge in [0, 0.05) is 42.1 Å². The molecule has 7 aliphatic rings. The first-order valence-electron chi connectivity index (χ1n) is 24.2. The number of aliphatic hydroxyl groups is 2. The number of rotatable bonds is 12. The van der Waals surface area contributed by atoms with Gasteiger partial charge >= 0.3 is 0 Å². The normalized spacial score (nSPS) is 41.0. The van der Waals surface area contributed by atoms with E-state index in [9.17, 15) is 20.1 Å². The van der Waals surface area contributed by atoms with Gasteiger partial charge in [0.25, 0.3) is 0 Å². The molecule has 14 unspecified atom stereocenters.